The third kappa shape index (κ3) is 3.65. The molecule has 0 atom stereocenters. The van der Waals surface area contributed by atoms with Gasteiger partial charge in [-0.3, -0.25) is 0 Å². The summed E-state index contributed by atoms with van der Waals surface area (Å²) < 4.78 is 0.658. The molecule has 5 heterocycles. The maximum absolute atomic E-state index is 11.8. The van der Waals surface area contributed by atoms with Gasteiger partial charge in [-0.1, -0.05) is 0 Å². The Balaban J connectivity index is 1.56. The monoisotopic (exact) mass is 483 g/mol. The van der Waals surface area contributed by atoms with E-state index in [4.69, 9.17) is 4.99 Å². The number of nitro groups is 1. The zero-order valence-electron chi connectivity index (χ0n) is 17.5. The topological polar surface area (TPSA) is 92.6 Å². The molecule has 6 rings (SSSR count). The summed E-state index contributed by atoms with van der Waals surface area (Å²) in [5, 5.41) is 11.8. The van der Waals surface area contributed by atoms with Crippen LogP contribution in [-0.4, -0.2) is 27.8 Å². The quantitative estimate of drug-likeness (QED) is 0.341. The predicted molar refractivity (Wildman–Crippen MR) is 130 cm³/mol. The Bertz CT molecular complexity index is 1570. The summed E-state index contributed by atoms with van der Waals surface area (Å²) in [5.41, 5.74) is 6.92. The third-order valence-corrected chi connectivity index (χ3v) is 6.12. The van der Waals surface area contributed by atoms with Gasteiger partial charge in [0.25, 0.3) is 0 Å². The summed E-state index contributed by atoms with van der Waals surface area (Å²) in [6.45, 7) is 0. The van der Waals surface area contributed by atoms with Gasteiger partial charge in [-0.2, -0.15) is 0 Å². The van der Waals surface area contributed by atoms with Crippen molar-refractivity contribution in [2.24, 2.45) is 20.0 Å². The molecule has 1 aromatic carbocycles. The molecular weight excluding hydrogens is 469 g/mol. The standard InChI is InChI=1S/C26H14N5O2.Mn/c32-31(33)26-4-2-1-3-23(26)24-14-22-13-20-8-7-18(28-20)11-16-5-6-17(27-16)12-19-9-10-21(29-19)15-25(24)30-22;/h1-13,15H;. The van der Waals surface area contributed by atoms with E-state index >= 15 is 0 Å². The molecule has 0 fully saturated rings. The normalized spacial score (nSPS) is 19.9. The van der Waals surface area contributed by atoms with Crippen molar-refractivity contribution in [1.29, 1.82) is 0 Å². The number of rotatable bonds is 2. The van der Waals surface area contributed by atoms with E-state index < -0.39 is 0 Å². The first kappa shape index (κ1) is 20.4. The van der Waals surface area contributed by atoms with Crippen molar-refractivity contribution in [3.63, 3.8) is 0 Å². The summed E-state index contributed by atoms with van der Waals surface area (Å²) in [4.78, 5) is 30.1. The number of nitrogens with zero attached hydrogens (tertiary/aromatic N) is 5. The number of hydrogen-bond acceptors (Lipinski definition) is 6. The van der Waals surface area contributed by atoms with Crippen LogP contribution >= 0.6 is 0 Å². The maximum atomic E-state index is 11.8. The number of allylic oxidation sites excluding steroid dienone is 12. The van der Waals surface area contributed by atoms with Crippen LogP contribution < -0.4 is 0 Å². The Morgan fingerprint density at radius 3 is 1.88 bits per heavy atom. The molecule has 8 heteroatoms. The van der Waals surface area contributed by atoms with Crippen LogP contribution in [0.1, 0.15) is 5.56 Å². The first-order valence-electron chi connectivity index (χ1n) is 10.4. The Hall–Kier alpha value is -4.26. The van der Waals surface area contributed by atoms with E-state index in [1.54, 1.807) is 18.2 Å². The Morgan fingerprint density at radius 2 is 1.26 bits per heavy atom. The molecule has 162 valence electrons. The molecule has 0 radical (unpaired) electrons. The average molecular weight is 483 g/mol. The van der Waals surface area contributed by atoms with Crippen molar-refractivity contribution >= 4 is 34.1 Å². The van der Waals surface area contributed by atoms with Crippen molar-refractivity contribution < 1.29 is 20.9 Å². The van der Waals surface area contributed by atoms with Crippen LogP contribution in [0.15, 0.2) is 132 Å². The van der Waals surface area contributed by atoms with Crippen LogP contribution in [0.25, 0.3) is 5.57 Å². The van der Waals surface area contributed by atoms with Gasteiger partial charge in [-0.05, 0) is 0 Å². The first-order valence-corrected chi connectivity index (χ1v) is 11.0. The van der Waals surface area contributed by atoms with Crippen LogP contribution in [0.3, 0.4) is 0 Å². The van der Waals surface area contributed by atoms with E-state index in [0.29, 0.717) is 32.7 Å². The number of nitro benzene ring substituents is 1. The van der Waals surface area contributed by atoms with Gasteiger partial charge < -0.3 is 0 Å². The first-order chi connectivity index (χ1) is 16.5. The number of benzene rings is 1. The van der Waals surface area contributed by atoms with Crippen molar-refractivity contribution in [2.45, 2.75) is 0 Å². The molecule has 0 N–H and O–H groups in total. The fourth-order valence-electron chi connectivity index (χ4n) is 4.02. The van der Waals surface area contributed by atoms with Gasteiger partial charge in [-0.15, -0.1) is 0 Å². The van der Waals surface area contributed by atoms with Crippen molar-refractivity contribution in [1.82, 2.24) is 0 Å². The van der Waals surface area contributed by atoms with Crippen molar-refractivity contribution in [2.75, 3.05) is 0 Å². The second kappa shape index (κ2) is 7.95. The van der Waals surface area contributed by atoms with Gasteiger partial charge >= 0.3 is 203 Å². The Labute approximate surface area is 202 Å². The summed E-state index contributed by atoms with van der Waals surface area (Å²) >= 11 is 3.66. The zero-order valence-corrected chi connectivity index (χ0v) is 18.7. The molecule has 0 unspecified atom stereocenters. The van der Waals surface area contributed by atoms with Gasteiger partial charge in [0.1, 0.15) is 0 Å². The van der Waals surface area contributed by atoms with Crippen LogP contribution in [0.4, 0.5) is 5.69 Å². The number of fused-ring (bicyclic) bond motifs is 4. The second-order valence-electron chi connectivity index (χ2n) is 7.81. The molecule has 1 aromatic rings. The van der Waals surface area contributed by atoms with Crippen LogP contribution in [0, 0.1) is 10.1 Å². The van der Waals surface area contributed by atoms with E-state index in [-0.39, 0.29) is 10.6 Å². The van der Waals surface area contributed by atoms with Crippen molar-refractivity contribution in [3.05, 3.63) is 128 Å². The molecule has 7 nitrogen and oxygen atoms in total. The fraction of sp³-hybridized carbons (Fsp3) is 0. The number of hydrogen-bond donors (Lipinski definition) is 0. The molecule has 0 spiro atoms. The molecule has 5 aliphatic rings. The predicted octanol–water partition coefficient (Wildman–Crippen LogP) is 4.89. The summed E-state index contributed by atoms with van der Waals surface area (Å²) in [7, 11) is 0. The van der Waals surface area contributed by atoms with Crippen LogP contribution in [0.5, 0.6) is 0 Å². The second-order valence-corrected chi connectivity index (χ2v) is 8.40. The Morgan fingerprint density at radius 1 is 0.706 bits per heavy atom. The SMILES string of the molecule is O=[N+]([O-])c1ccccc1C1=[C]([Mn])C2=NC1=CC1=NC(=CC3=NC(=CC4=NC(=C2)C=C4)C=C3)C=C1. The third-order valence-electron chi connectivity index (χ3n) is 5.52. The van der Waals surface area contributed by atoms with Gasteiger partial charge in [-0.25, -0.2) is 0 Å². The summed E-state index contributed by atoms with van der Waals surface area (Å²) in [6, 6.07) is 6.65. The molecule has 0 amide bonds. The summed E-state index contributed by atoms with van der Waals surface area (Å²) in [6.07, 6.45) is 19.0. The van der Waals surface area contributed by atoms with Gasteiger partial charge in [0.2, 0.25) is 0 Å². The molecule has 34 heavy (non-hydrogen) atoms. The molecule has 0 aliphatic carbocycles. The number of para-hydroxylation sites is 1. The van der Waals surface area contributed by atoms with E-state index in [9.17, 15) is 10.1 Å². The van der Waals surface area contributed by atoms with Gasteiger partial charge in [0.05, 0.1) is 0 Å². The summed E-state index contributed by atoms with van der Waals surface area (Å²) in [5.74, 6) is 0. The number of aliphatic imine (C=N–C) groups is 4. The molecule has 8 bridgehead atoms. The molecular formula is C26H14MnN5O2. The van der Waals surface area contributed by atoms with Gasteiger partial charge in [0.15, 0.2) is 0 Å². The Kier molecular flexibility index (Phi) is 4.76. The van der Waals surface area contributed by atoms with E-state index in [2.05, 4.69) is 31.0 Å². The average Bonchev–Trinajstić information content (AvgIpc) is 3.60. The van der Waals surface area contributed by atoms with E-state index in [0.717, 1.165) is 28.5 Å². The minimum atomic E-state index is -0.382. The van der Waals surface area contributed by atoms with Crippen LogP contribution in [-0.2, 0) is 16.0 Å². The zero-order chi connectivity index (χ0) is 23.2. The molecule has 5 aliphatic heterocycles. The molecule has 0 saturated heterocycles. The van der Waals surface area contributed by atoms with E-state index in [1.165, 1.54) is 6.07 Å². The van der Waals surface area contributed by atoms with Crippen LogP contribution in [0.2, 0.25) is 0 Å². The molecule has 0 aromatic heterocycles. The van der Waals surface area contributed by atoms with Crippen molar-refractivity contribution in [3.8, 4) is 0 Å². The van der Waals surface area contributed by atoms with Gasteiger partial charge in [0, 0.05) is 0 Å². The minimum absolute atomic E-state index is 0.00773. The van der Waals surface area contributed by atoms with E-state index in [1.807, 2.05) is 60.8 Å². The molecule has 0 saturated carbocycles. The fourth-order valence-corrected chi connectivity index (χ4v) is 4.49.